The molecule has 2 rings (SSSR count). The third-order valence-electron chi connectivity index (χ3n) is 2.85. The fraction of sp³-hybridized carbons (Fsp3) is 0.333. The maximum atomic E-state index is 10.9. The first-order valence-corrected chi connectivity index (χ1v) is 6.54. The minimum Gasteiger partial charge on any atom is -0.494 e. The van der Waals surface area contributed by atoms with Gasteiger partial charge in [-0.15, -0.1) is 0 Å². The summed E-state index contributed by atoms with van der Waals surface area (Å²) in [5.41, 5.74) is 2.40. The van der Waals surface area contributed by atoms with Crippen molar-refractivity contribution in [3.63, 3.8) is 0 Å². The first-order valence-electron chi connectivity index (χ1n) is 6.54. The molecule has 0 fully saturated rings. The molecule has 0 saturated heterocycles. The molecule has 0 N–H and O–H groups in total. The largest absolute Gasteiger partial charge is 0.494 e. The van der Waals surface area contributed by atoms with Crippen molar-refractivity contribution < 1.29 is 9.53 Å². The molecule has 0 spiro atoms. The number of rotatable bonds is 6. The fourth-order valence-corrected chi connectivity index (χ4v) is 1.86. The van der Waals surface area contributed by atoms with E-state index in [4.69, 9.17) is 4.74 Å². The van der Waals surface area contributed by atoms with Crippen LogP contribution in [-0.4, -0.2) is 22.7 Å². The Balaban J connectivity index is 2.21. The van der Waals surface area contributed by atoms with Gasteiger partial charge in [0.05, 0.1) is 12.3 Å². The van der Waals surface area contributed by atoms with E-state index in [2.05, 4.69) is 12.0 Å². The minimum absolute atomic E-state index is 0.601. The summed E-state index contributed by atoms with van der Waals surface area (Å²) >= 11 is 0. The monoisotopic (exact) mass is 258 g/mol. The van der Waals surface area contributed by atoms with Gasteiger partial charge in [-0.25, -0.2) is 0 Å². The second-order valence-corrected chi connectivity index (χ2v) is 4.26. The van der Waals surface area contributed by atoms with Gasteiger partial charge in [0.2, 0.25) is 0 Å². The van der Waals surface area contributed by atoms with E-state index in [0.717, 1.165) is 36.3 Å². The Morgan fingerprint density at radius 2 is 2.00 bits per heavy atom. The van der Waals surface area contributed by atoms with Gasteiger partial charge in [-0.3, -0.25) is 9.48 Å². The number of hydrogen-bond donors (Lipinski definition) is 0. The quantitative estimate of drug-likeness (QED) is 0.747. The molecule has 19 heavy (non-hydrogen) atoms. The number of benzene rings is 1. The van der Waals surface area contributed by atoms with Crippen LogP contribution in [0.4, 0.5) is 0 Å². The molecule has 1 aromatic carbocycles. The molecule has 0 aliphatic heterocycles. The molecule has 0 saturated carbocycles. The Hall–Kier alpha value is -2.10. The number of carbonyl (C=O) groups excluding carboxylic acids is 1. The van der Waals surface area contributed by atoms with E-state index in [1.807, 2.05) is 31.2 Å². The van der Waals surface area contributed by atoms with Crippen LogP contribution in [0.3, 0.4) is 0 Å². The van der Waals surface area contributed by atoms with E-state index in [0.29, 0.717) is 12.2 Å². The zero-order valence-electron chi connectivity index (χ0n) is 11.3. The van der Waals surface area contributed by atoms with Crippen LogP contribution in [0, 0.1) is 0 Å². The molecule has 1 aromatic heterocycles. The van der Waals surface area contributed by atoms with Crippen molar-refractivity contribution in [2.75, 3.05) is 6.61 Å². The van der Waals surface area contributed by atoms with Crippen LogP contribution in [0.2, 0.25) is 0 Å². The van der Waals surface area contributed by atoms with E-state index in [1.54, 1.807) is 10.7 Å². The van der Waals surface area contributed by atoms with Crippen molar-refractivity contribution in [1.82, 2.24) is 9.78 Å². The number of aryl methyl sites for hydroxylation is 1. The maximum absolute atomic E-state index is 10.9. The van der Waals surface area contributed by atoms with Gasteiger partial charge < -0.3 is 4.74 Å². The lowest BCUT2D eigenvalue weighted by Gasteiger charge is -2.04. The molecule has 0 amide bonds. The van der Waals surface area contributed by atoms with Crippen LogP contribution in [0.1, 0.15) is 30.8 Å². The lowest BCUT2D eigenvalue weighted by molar-refractivity contribution is 0.111. The predicted octanol–water partition coefficient (Wildman–Crippen LogP) is 3.17. The standard InChI is InChI=1S/C15H18N2O2/c1-3-9-19-14-7-5-12(6-8-14)15-10-13(11-18)17(4-2)16-15/h5-8,10-11H,3-4,9H2,1-2H3. The summed E-state index contributed by atoms with van der Waals surface area (Å²) in [4.78, 5) is 10.9. The number of aromatic nitrogens is 2. The third-order valence-corrected chi connectivity index (χ3v) is 2.85. The Labute approximate surface area is 113 Å². The zero-order valence-corrected chi connectivity index (χ0v) is 11.3. The molecule has 0 radical (unpaired) electrons. The summed E-state index contributed by atoms with van der Waals surface area (Å²) in [6, 6.07) is 9.58. The van der Waals surface area contributed by atoms with Crippen molar-refractivity contribution in [3.05, 3.63) is 36.0 Å². The molecule has 100 valence electrons. The van der Waals surface area contributed by atoms with Crippen LogP contribution in [0.15, 0.2) is 30.3 Å². The van der Waals surface area contributed by atoms with Gasteiger partial charge in [-0.05, 0) is 43.7 Å². The van der Waals surface area contributed by atoms with Crippen LogP contribution < -0.4 is 4.74 Å². The van der Waals surface area contributed by atoms with Crippen molar-refractivity contribution >= 4 is 6.29 Å². The van der Waals surface area contributed by atoms with Crippen LogP contribution >= 0.6 is 0 Å². The van der Waals surface area contributed by atoms with Crippen LogP contribution in [0.5, 0.6) is 5.75 Å². The molecule has 2 aromatic rings. The topological polar surface area (TPSA) is 44.1 Å². The highest BCUT2D eigenvalue weighted by molar-refractivity contribution is 5.75. The Morgan fingerprint density at radius 1 is 1.26 bits per heavy atom. The summed E-state index contributed by atoms with van der Waals surface area (Å²) in [6.07, 6.45) is 1.82. The molecule has 1 heterocycles. The SMILES string of the molecule is CCCOc1ccc(-c2cc(C=O)n(CC)n2)cc1. The first kappa shape index (κ1) is 13.3. The van der Waals surface area contributed by atoms with Gasteiger partial charge in [-0.2, -0.15) is 5.10 Å². The van der Waals surface area contributed by atoms with E-state index < -0.39 is 0 Å². The number of hydrogen-bond acceptors (Lipinski definition) is 3. The second kappa shape index (κ2) is 6.18. The first-order chi connectivity index (χ1) is 9.28. The van der Waals surface area contributed by atoms with Gasteiger partial charge >= 0.3 is 0 Å². The third kappa shape index (κ3) is 3.02. The zero-order chi connectivity index (χ0) is 13.7. The summed E-state index contributed by atoms with van der Waals surface area (Å²) in [6.45, 7) is 5.45. The molecular weight excluding hydrogens is 240 g/mol. The van der Waals surface area contributed by atoms with Gasteiger partial charge in [-0.1, -0.05) is 6.92 Å². The van der Waals surface area contributed by atoms with Crippen molar-refractivity contribution in [2.45, 2.75) is 26.8 Å². The average molecular weight is 258 g/mol. The van der Waals surface area contributed by atoms with E-state index >= 15 is 0 Å². The lowest BCUT2D eigenvalue weighted by atomic mass is 10.1. The number of carbonyl (C=O) groups is 1. The second-order valence-electron chi connectivity index (χ2n) is 4.26. The van der Waals surface area contributed by atoms with Gasteiger partial charge in [0.15, 0.2) is 6.29 Å². The normalized spacial score (nSPS) is 10.4. The highest BCUT2D eigenvalue weighted by atomic mass is 16.5. The highest BCUT2D eigenvalue weighted by Gasteiger charge is 2.07. The average Bonchev–Trinajstić information content (AvgIpc) is 2.89. The van der Waals surface area contributed by atoms with Crippen molar-refractivity contribution in [2.24, 2.45) is 0 Å². The summed E-state index contributed by atoms with van der Waals surface area (Å²) in [5.74, 6) is 0.858. The Bertz CT molecular complexity index is 544. The predicted molar refractivity (Wildman–Crippen MR) is 74.5 cm³/mol. The molecular formula is C15H18N2O2. The molecule has 4 nitrogen and oxygen atoms in total. The minimum atomic E-state index is 0.601. The lowest BCUT2D eigenvalue weighted by Crippen LogP contribution is -2.00. The number of nitrogens with zero attached hydrogens (tertiary/aromatic N) is 2. The fourth-order valence-electron chi connectivity index (χ4n) is 1.86. The summed E-state index contributed by atoms with van der Waals surface area (Å²) in [7, 11) is 0. The van der Waals surface area contributed by atoms with Gasteiger partial charge in [0, 0.05) is 12.1 Å². The summed E-state index contributed by atoms with van der Waals surface area (Å²) < 4.78 is 7.23. The smallest absolute Gasteiger partial charge is 0.168 e. The molecule has 0 aliphatic rings. The molecule has 0 unspecified atom stereocenters. The number of aldehydes is 1. The maximum Gasteiger partial charge on any atom is 0.168 e. The van der Waals surface area contributed by atoms with Crippen molar-refractivity contribution in [1.29, 1.82) is 0 Å². The van der Waals surface area contributed by atoms with E-state index in [9.17, 15) is 4.79 Å². The van der Waals surface area contributed by atoms with Crippen LogP contribution in [0.25, 0.3) is 11.3 Å². The molecule has 0 atom stereocenters. The molecule has 0 aliphatic carbocycles. The number of ether oxygens (including phenoxy) is 1. The summed E-state index contributed by atoms with van der Waals surface area (Å²) in [5, 5.41) is 4.41. The van der Waals surface area contributed by atoms with E-state index in [-0.39, 0.29) is 0 Å². The van der Waals surface area contributed by atoms with Gasteiger partial charge in [0.25, 0.3) is 0 Å². The highest BCUT2D eigenvalue weighted by Crippen LogP contribution is 2.22. The molecule has 4 heteroatoms. The van der Waals surface area contributed by atoms with Gasteiger partial charge in [0.1, 0.15) is 11.4 Å². The van der Waals surface area contributed by atoms with Crippen molar-refractivity contribution in [3.8, 4) is 17.0 Å². The van der Waals surface area contributed by atoms with Crippen LogP contribution in [-0.2, 0) is 6.54 Å². The van der Waals surface area contributed by atoms with E-state index in [1.165, 1.54) is 0 Å². The Kier molecular flexibility index (Phi) is 4.34. The molecule has 0 bridgehead atoms. The Morgan fingerprint density at radius 3 is 2.53 bits per heavy atom.